The highest BCUT2D eigenvalue weighted by atomic mass is 35.5. The highest BCUT2D eigenvalue weighted by Crippen LogP contribution is 2.24. The van der Waals surface area contributed by atoms with Gasteiger partial charge in [0.05, 0.1) is 6.54 Å². The number of carbonyl (C=O) groups is 1. The Labute approximate surface area is 149 Å². The van der Waals surface area contributed by atoms with Crippen molar-refractivity contribution in [2.75, 3.05) is 18.1 Å². The molecule has 1 amide bonds. The molecule has 0 fully saturated rings. The second-order valence-corrected chi connectivity index (χ2v) is 5.91. The lowest BCUT2D eigenvalue weighted by atomic mass is 10.1. The summed E-state index contributed by atoms with van der Waals surface area (Å²) < 4.78 is 5.71. The van der Waals surface area contributed by atoms with E-state index < -0.39 is 0 Å². The van der Waals surface area contributed by atoms with Crippen LogP contribution in [0.15, 0.2) is 42.5 Å². The van der Waals surface area contributed by atoms with Gasteiger partial charge in [-0.25, -0.2) is 0 Å². The normalized spacial score (nSPS) is 13.1. The maximum atomic E-state index is 12.1. The van der Waals surface area contributed by atoms with Crippen molar-refractivity contribution in [3.05, 3.63) is 59.2 Å². The number of benzene rings is 2. The second-order valence-electron chi connectivity index (χ2n) is 5.91. The standard InChI is InChI=1S/C19H22N2O2.ClH/c1-14-3-6-18(7-4-14)21(15(2)22)13-16-5-8-19-17(11-16)12-20-9-10-23-19;/h3-8,11,20H,9-10,12-13H2,1-2H3;1H. The van der Waals surface area contributed by atoms with E-state index in [0.717, 1.165) is 35.7 Å². The molecule has 0 radical (unpaired) electrons. The first-order valence-corrected chi connectivity index (χ1v) is 7.93. The summed E-state index contributed by atoms with van der Waals surface area (Å²) in [5.74, 6) is 0.974. The minimum Gasteiger partial charge on any atom is -0.492 e. The molecule has 0 spiro atoms. The number of aryl methyl sites for hydroxylation is 1. The van der Waals surface area contributed by atoms with Crippen LogP contribution >= 0.6 is 12.4 Å². The van der Waals surface area contributed by atoms with Crippen molar-refractivity contribution in [3.8, 4) is 5.75 Å². The maximum Gasteiger partial charge on any atom is 0.224 e. The number of rotatable bonds is 3. The highest BCUT2D eigenvalue weighted by molar-refractivity contribution is 5.91. The Morgan fingerprint density at radius 2 is 1.96 bits per heavy atom. The molecule has 1 N–H and O–H groups in total. The van der Waals surface area contributed by atoms with Crippen LogP contribution in [0.4, 0.5) is 5.69 Å². The van der Waals surface area contributed by atoms with Gasteiger partial charge in [-0.3, -0.25) is 4.79 Å². The van der Waals surface area contributed by atoms with E-state index in [9.17, 15) is 4.79 Å². The van der Waals surface area contributed by atoms with E-state index in [1.807, 2.05) is 43.3 Å². The number of fused-ring (bicyclic) bond motifs is 1. The average molecular weight is 347 g/mol. The summed E-state index contributed by atoms with van der Waals surface area (Å²) in [4.78, 5) is 13.9. The zero-order chi connectivity index (χ0) is 16.2. The Bertz CT molecular complexity index is 701. The fraction of sp³-hybridized carbons (Fsp3) is 0.316. The first-order valence-electron chi connectivity index (χ1n) is 7.93. The van der Waals surface area contributed by atoms with Crippen LogP contribution in [0.3, 0.4) is 0 Å². The molecule has 3 rings (SSSR count). The van der Waals surface area contributed by atoms with E-state index in [0.29, 0.717) is 13.2 Å². The molecule has 0 saturated heterocycles. The SMILES string of the molecule is CC(=O)N(Cc1ccc2c(c1)CNCCO2)c1ccc(C)cc1.Cl. The number of hydrogen-bond donors (Lipinski definition) is 1. The van der Waals surface area contributed by atoms with Gasteiger partial charge in [-0.15, -0.1) is 12.4 Å². The van der Waals surface area contributed by atoms with Crippen molar-refractivity contribution in [1.29, 1.82) is 0 Å². The topological polar surface area (TPSA) is 41.6 Å². The van der Waals surface area contributed by atoms with Crippen molar-refractivity contribution in [1.82, 2.24) is 5.32 Å². The zero-order valence-electron chi connectivity index (χ0n) is 14.0. The summed E-state index contributed by atoms with van der Waals surface area (Å²) in [5, 5.41) is 3.34. The summed E-state index contributed by atoms with van der Waals surface area (Å²) in [7, 11) is 0. The number of anilines is 1. The molecule has 4 nitrogen and oxygen atoms in total. The van der Waals surface area contributed by atoms with Crippen LogP contribution in [0.2, 0.25) is 0 Å². The lowest BCUT2D eigenvalue weighted by Gasteiger charge is -2.22. The lowest BCUT2D eigenvalue weighted by molar-refractivity contribution is -0.116. The van der Waals surface area contributed by atoms with Gasteiger partial charge in [0, 0.05) is 31.3 Å². The van der Waals surface area contributed by atoms with E-state index in [4.69, 9.17) is 4.74 Å². The monoisotopic (exact) mass is 346 g/mol. The Morgan fingerprint density at radius 3 is 2.67 bits per heavy atom. The molecule has 1 aliphatic rings. The Balaban J connectivity index is 0.00000208. The predicted octanol–water partition coefficient (Wildman–Crippen LogP) is 3.45. The lowest BCUT2D eigenvalue weighted by Crippen LogP contribution is -2.27. The van der Waals surface area contributed by atoms with Gasteiger partial charge >= 0.3 is 0 Å². The summed E-state index contributed by atoms with van der Waals surface area (Å²) in [6, 6.07) is 14.2. The van der Waals surface area contributed by atoms with Gasteiger partial charge in [-0.1, -0.05) is 23.8 Å². The van der Waals surface area contributed by atoms with Gasteiger partial charge in [0.25, 0.3) is 0 Å². The Hall–Kier alpha value is -2.04. The summed E-state index contributed by atoms with van der Waals surface area (Å²) >= 11 is 0. The van der Waals surface area contributed by atoms with Crippen molar-refractivity contribution in [2.24, 2.45) is 0 Å². The van der Waals surface area contributed by atoms with Crippen molar-refractivity contribution in [2.45, 2.75) is 26.9 Å². The summed E-state index contributed by atoms with van der Waals surface area (Å²) in [6.45, 7) is 6.55. The third-order valence-corrected chi connectivity index (χ3v) is 4.04. The average Bonchev–Trinajstić information content (AvgIpc) is 2.78. The van der Waals surface area contributed by atoms with Crippen LogP contribution in [0, 0.1) is 6.92 Å². The van der Waals surface area contributed by atoms with Crippen LogP contribution in [-0.4, -0.2) is 19.1 Å². The molecule has 0 bridgehead atoms. The van der Waals surface area contributed by atoms with E-state index in [1.165, 1.54) is 5.56 Å². The fourth-order valence-corrected chi connectivity index (χ4v) is 2.76. The summed E-state index contributed by atoms with van der Waals surface area (Å²) in [6.07, 6.45) is 0. The number of amides is 1. The number of nitrogens with one attached hydrogen (secondary N) is 1. The Kier molecular flexibility index (Phi) is 6.23. The number of nitrogens with zero attached hydrogens (tertiary/aromatic N) is 1. The van der Waals surface area contributed by atoms with E-state index >= 15 is 0 Å². The number of halogens is 1. The number of hydrogen-bond acceptors (Lipinski definition) is 3. The van der Waals surface area contributed by atoms with Gasteiger partial charge < -0.3 is 15.0 Å². The Morgan fingerprint density at radius 1 is 1.21 bits per heavy atom. The van der Waals surface area contributed by atoms with Gasteiger partial charge in [0.2, 0.25) is 5.91 Å². The molecule has 5 heteroatoms. The van der Waals surface area contributed by atoms with Crippen LogP contribution in [-0.2, 0) is 17.9 Å². The molecular weight excluding hydrogens is 324 g/mol. The van der Waals surface area contributed by atoms with Gasteiger partial charge in [0.15, 0.2) is 0 Å². The first-order chi connectivity index (χ1) is 11.1. The van der Waals surface area contributed by atoms with Gasteiger partial charge in [-0.05, 0) is 36.8 Å². The molecule has 2 aromatic carbocycles. The first kappa shape index (κ1) is 18.3. The third kappa shape index (κ3) is 4.28. The molecule has 0 atom stereocenters. The largest absolute Gasteiger partial charge is 0.492 e. The molecule has 0 aromatic heterocycles. The molecule has 1 heterocycles. The van der Waals surface area contributed by atoms with Crippen LogP contribution in [0.25, 0.3) is 0 Å². The van der Waals surface area contributed by atoms with E-state index in [1.54, 1.807) is 11.8 Å². The number of carbonyl (C=O) groups excluding carboxylic acids is 1. The van der Waals surface area contributed by atoms with Crippen LogP contribution < -0.4 is 15.0 Å². The van der Waals surface area contributed by atoms with Crippen molar-refractivity contribution in [3.63, 3.8) is 0 Å². The molecule has 2 aromatic rings. The molecule has 1 aliphatic heterocycles. The van der Waals surface area contributed by atoms with E-state index in [-0.39, 0.29) is 18.3 Å². The zero-order valence-corrected chi connectivity index (χ0v) is 14.9. The van der Waals surface area contributed by atoms with Gasteiger partial charge in [-0.2, -0.15) is 0 Å². The quantitative estimate of drug-likeness (QED) is 0.925. The summed E-state index contributed by atoms with van der Waals surface area (Å²) in [5.41, 5.74) is 4.36. The predicted molar refractivity (Wildman–Crippen MR) is 98.9 cm³/mol. The fourth-order valence-electron chi connectivity index (χ4n) is 2.76. The molecule has 128 valence electrons. The van der Waals surface area contributed by atoms with Gasteiger partial charge in [0.1, 0.15) is 12.4 Å². The molecule has 0 aliphatic carbocycles. The molecule has 0 saturated carbocycles. The van der Waals surface area contributed by atoms with Crippen molar-refractivity contribution >= 4 is 24.0 Å². The molecular formula is C19H23ClN2O2. The van der Waals surface area contributed by atoms with Crippen LogP contribution in [0.5, 0.6) is 5.75 Å². The molecule has 0 unspecified atom stereocenters. The number of ether oxygens (including phenoxy) is 1. The smallest absolute Gasteiger partial charge is 0.224 e. The maximum absolute atomic E-state index is 12.1. The van der Waals surface area contributed by atoms with Crippen LogP contribution in [0.1, 0.15) is 23.6 Å². The molecule has 24 heavy (non-hydrogen) atoms. The van der Waals surface area contributed by atoms with Crippen molar-refractivity contribution < 1.29 is 9.53 Å². The van der Waals surface area contributed by atoms with E-state index in [2.05, 4.69) is 11.4 Å². The second kappa shape index (κ2) is 8.18. The highest BCUT2D eigenvalue weighted by Gasteiger charge is 2.14. The third-order valence-electron chi connectivity index (χ3n) is 4.04. The minimum atomic E-state index is 0. The minimum absolute atomic E-state index is 0.